The maximum absolute atomic E-state index is 2.45. The van der Waals surface area contributed by atoms with Crippen LogP contribution in [0.4, 0.5) is 17.1 Å². The number of anilines is 3. The van der Waals surface area contributed by atoms with Crippen molar-refractivity contribution < 1.29 is 0 Å². The van der Waals surface area contributed by atoms with Gasteiger partial charge < -0.3 is 9.47 Å². The molecule has 1 heterocycles. The van der Waals surface area contributed by atoms with Gasteiger partial charge in [0.2, 0.25) is 0 Å². The zero-order valence-electron chi connectivity index (χ0n) is 31.8. The van der Waals surface area contributed by atoms with Crippen LogP contribution in [0.25, 0.3) is 82.4 Å². The van der Waals surface area contributed by atoms with E-state index in [2.05, 4.69) is 240 Å². The van der Waals surface area contributed by atoms with Gasteiger partial charge in [0.25, 0.3) is 0 Å². The topological polar surface area (TPSA) is 8.17 Å². The van der Waals surface area contributed by atoms with Gasteiger partial charge in [0.05, 0.1) is 16.7 Å². The monoisotopic (exact) mass is 738 g/mol. The lowest BCUT2D eigenvalue weighted by Gasteiger charge is -2.27. The molecule has 58 heavy (non-hydrogen) atoms. The first-order valence-corrected chi connectivity index (χ1v) is 19.9. The van der Waals surface area contributed by atoms with Crippen LogP contribution in [0, 0.1) is 0 Å². The molecule has 0 unspecified atom stereocenters. The fraction of sp³-hybridized carbons (Fsp3) is 0. The molecule has 2 nitrogen and oxygen atoms in total. The molecule has 0 radical (unpaired) electrons. The summed E-state index contributed by atoms with van der Waals surface area (Å²) in [6, 6.07) is 83.8. The number of benzene rings is 10. The predicted octanol–water partition coefficient (Wildman–Crippen LogP) is 15.6. The van der Waals surface area contributed by atoms with Crippen molar-refractivity contribution in [1.29, 1.82) is 0 Å². The average Bonchev–Trinajstić information content (AvgIpc) is 3.64. The van der Waals surface area contributed by atoms with E-state index in [1.165, 1.54) is 76.7 Å². The molecule has 0 bridgehead atoms. The standard InChI is InChI=1S/C56H38N2/c1-3-13-39(14-4-1)45-17-11-20-50(37-45)57(54-23-12-24-55-56(54)52-21-9-10-22-53(52)58(55)49-18-5-2-6-19-49)51-34-33-43-30-32-47(36-48(43)38-51)42-27-25-41(26-28-42)46-31-29-40-15-7-8-16-44(40)35-46/h1-38H. The third-order valence-electron chi connectivity index (χ3n) is 11.5. The fourth-order valence-electron chi connectivity index (χ4n) is 8.70. The van der Waals surface area contributed by atoms with Crippen molar-refractivity contribution in [2.45, 2.75) is 0 Å². The van der Waals surface area contributed by atoms with Crippen molar-refractivity contribution in [3.8, 4) is 39.1 Å². The second-order valence-electron chi connectivity index (χ2n) is 15.0. The van der Waals surface area contributed by atoms with E-state index in [9.17, 15) is 0 Å². The summed E-state index contributed by atoms with van der Waals surface area (Å²) in [5.74, 6) is 0. The quantitative estimate of drug-likeness (QED) is 0.158. The Morgan fingerprint density at radius 3 is 1.59 bits per heavy atom. The molecule has 0 fully saturated rings. The molecule has 0 amide bonds. The van der Waals surface area contributed by atoms with Gasteiger partial charge in [-0.2, -0.15) is 0 Å². The molecule has 0 saturated heterocycles. The van der Waals surface area contributed by atoms with Crippen LogP contribution in [0.3, 0.4) is 0 Å². The molecular formula is C56H38N2. The lowest BCUT2D eigenvalue weighted by molar-refractivity contribution is 1.18. The minimum Gasteiger partial charge on any atom is -0.310 e. The lowest BCUT2D eigenvalue weighted by atomic mass is 9.97. The van der Waals surface area contributed by atoms with Gasteiger partial charge in [-0.05, 0) is 122 Å². The number of hydrogen-bond acceptors (Lipinski definition) is 1. The molecule has 1 aromatic heterocycles. The van der Waals surface area contributed by atoms with Crippen molar-refractivity contribution in [1.82, 2.24) is 4.57 Å². The Hall–Kier alpha value is -7.68. The third kappa shape index (κ3) is 5.91. The summed E-state index contributed by atoms with van der Waals surface area (Å²) in [5, 5.41) is 7.35. The summed E-state index contributed by atoms with van der Waals surface area (Å²) in [5.41, 5.74) is 14.0. The second-order valence-corrected chi connectivity index (χ2v) is 15.0. The van der Waals surface area contributed by atoms with Gasteiger partial charge in [-0.1, -0.05) is 164 Å². The van der Waals surface area contributed by atoms with Crippen LogP contribution in [-0.2, 0) is 0 Å². The Morgan fingerprint density at radius 1 is 0.293 bits per heavy atom. The van der Waals surface area contributed by atoms with E-state index < -0.39 is 0 Å². The predicted molar refractivity (Wildman–Crippen MR) is 247 cm³/mol. The largest absolute Gasteiger partial charge is 0.310 e. The summed E-state index contributed by atoms with van der Waals surface area (Å²) in [4.78, 5) is 2.45. The zero-order chi connectivity index (χ0) is 38.4. The lowest BCUT2D eigenvalue weighted by Crippen LogP contribution is -2.10. The highest BCUT2D eigenvalue weighted by Crippen LogP contribution is 2.45. The first-order valence-electron chi connectivity index (χ1n) is 19.9. The molecule has 0 spiro atoms. The smallest absolute Gasteiger partial charge is 0.0562 e. The molecule has 2 heteroatoms. The second kappa shape index (κ2) is 14.1. The van der Waals surface area contributed by atoms with Gasteiger partial charge >= 0.3 is 0 Å². The average molecular weight is 739 g/mol. The molecule has 0 aliphatic rings. The van der Waals surface area contributed by atoms with E-state index in [4.69, 9.17) is 0 Å². The van der Waals surface area contributed by atoms with Crippen LogP contribution in [-0.4, -0.2) is 4.57 Å². The number of rotatable bonds is 7. The Kier molecular flexibility index (Phi) is 8.19. The summed E-state index contributed by atoms with van der Waals surface area (Å²) in [7, 11) is 0. The Balaban J connectivity index is 1.06. The first-order chi connectivity index (χ1) is 28.7. The SMILES string of the molecule is c1ccc(-c2cccc(N(c3ccc4ccc(-c5ccc(-c6ccc7ccccc7c6)cc5)cc4c3)c3cccc4c3c3ccccc3n4-c3ccccc3)c2)cc1. The maximum Gasteiger partial charge on any atom is 0.0562 e. The summed E-state index contributed by atoms with van der Waals surface area (Å²) >= 11 is 0. The number of nitrogens with zero attached hydrogens (tertiary/aromatic N) is 2. The Labute approximate surface area is 338 Å². The van der Waals surface area contributed by atoms with E-state index in [0.717, 1.165) is 22.7 Å². The maximum atomic E-state index is 2.45. The molecule has 0 saturated carbocycles. The van der Waals surface area contributed by atoms with E-state index >= 15 is 0 Å². The van der Waals surface area contributed by atoms with E-state index in [-0.39, 0.29) is 0 Å². The third-order valence-corrected chi connectivity index (χ3v) is 11.5. The van der Waals surface area contributed by atoms with Crippen molar-refractivity contribution in [3.05, 3.63) is 231 Å². The van der Waals surface area contributed by atoms with Crippen molar-refractivity contribution in [3.63, 3.8) is 0 Å². The van der Waals surface area contributed by atoms with Crippen LogP contribution >= 0.6 is 0 Å². The van der Waals surface area contributed by atoms with Crippen LogP contribution in [0.15, 0.2) is 231 Å². The number of hydrogen-bond donors (Lipinski definition) is 0. The number of aromatic nitrogens is 1. The Bertz CT molecular complexity index is 3270. The summed E-state index contributed by atoms with van der Waals surface area (Å²) in [6.07, 6.45) is 0. The van der Waals surface area contributed by atoms with Gasteiger partial charge in [0, 0.05) is 27.8 Å². The molecule has 272 valence electrons. The molecule has 0 aliphatic carbocycles. The molecule has 0 N–H and O–H groups in total. The molecule has 0 aliphatic heterocycles. The zero-order valence-corrected chi connectivity index (χ0v) is 31.8. The molecule has 10 aromatic carbocycles. The molecule has 11 aromatic rings. The summed E-state index contributed by atoms with van der Waals surface area (Å²) in [6.45, 7) is 0. The number of fused-ring (bicyclic) bond motifs is 5. The minimum atomic E-state index is 1.10. The van der Waals surface area contributed by atoms with Crippen molar-refractivity contribution >= 4 is 60.4 Å². The van der Waals surface area contributed by atoms with Crippen molar-refractivity contribution in [2.24, 2.45) is 0 Å². The van der Waals surface area contributed by atoms with Crippen molar-refractivity contribution in [2.75, 3.05) is 4.90 Å². The number of para-hydroxylation sites is 2. The van der Waals surface area contributed by atoms with Crippen LogP contribution in [0.1, 0.15) is 0 Å². The molecule has 11 rings (SSSR count). The highest BCUT2D eigenvalue weighted by Gasteiger charge is 2.21. The highest BCUT2D eigenvalue weighted by atomic mass is 15.1. The molecular weight excluding hydrogens is 701 g/mol. The Morgan fingerprint density at radius 2 is 0.810 bits per heavy atom. The minimum absolute atomic E-state index is 1.10. The molecule has 0 atom stereocenters. The van der Waals surface area contributed by atoms with Gasteiger partial charge in [0.15, 0.2) is 0 Å². The van der Waals surface area contributed by atoms with Gasteiger partial charge in [-0.25, -0.2) is 0 Å². The van der Waals surface area contributed by atoms with Crippen LogP contribution in [0.2, 0.25) is 0 Å². The van der Waals surface area contributed by atoms with Gasteiger partial charge in [-0.15, -0.1) is 0 Å². The van der Waals surface area contributed by atoms with E-state index in [0.29, 0.717) is 0 Å². The van der Waals surface area contributed by atoms with E-state index in [1.807, 2.05) is 0 Å². The van der Waals surface area contributed by atoms with Crippen LogP contribution in [0.5, 0.6) is 0 Å². The van der Waals surface area contributed by atoms with E-state index in [1.54, 1.807) is 0 Å². The summed E-state index contributed by atoms with van der Waals surface area (Å²) < 4.78 is 2.39. The van der Waals surface area contributed by atoms with Crippen LogP contribution < -0.4 is 4.90 Å². The first kappa shape index (κ1) is 33.6. The normalized spacial score (nSPS) is 11.4. The fourth-order valence-corrected chi connectivity index (χ4v) is 8.70. The highest BCUT2D eigenvalue weighted by molar-refractivity contribution is 6.16. The van der Waals surface area contributed by atoms with Gasteiger partial charge in [-0.3, -0.25) is 0 Å². The van der Waals surface area contributed by atoms with Gasteiger partial charge in [0.1, 0.15) is 0 Å².